The van der Waals surface area contributed by atoms with Crippen molar-refractivity contribution in [2.24, 2.45) is 11.7 Å². The Labute approximate surface area is 101 Å². The number of nitrogens with two attached hydrogens (primary N) is 1. The number of carbonyl (C=O) groups excluding carboxylic acids is 1. The number of hydrogen-bond acceptors (Lipinski definition) is 3. The maximum atomic E-state index is 11.8. The number of nitrogens with zero attached hydrogens (tertiary/aromatic N) is 1. The molecule has 5 nitrogen and oxygen atoms in total. The zero-order valence-corrected chi connectivity index (χ0v) is 9.76. The van der Waals surface area contributed by atoms with Crippen LogP contribution in [0.2, 0.25) is 0 Å². The molecule has 0 aromatic carbocycles. The molecule has 17 heavy (non-hydrogen) atoms. The predicted molar refractivity (Wildman–Crippen MR) is 63.0 cm³/mol. The largest absolute Gasteiger partial charge is 0.481 e. The zero-order chi connectivity index (χ0) is 12.8. The number of hydrogen-bond donors (Lipinski definition) is 2. The smallest absolute Gasteiger partial charge is 0.303 e. The molecule has 5 heteroatoms. The number of likely N-dealkylation sites (tertiary alicyclic amines) is 1. The number of rotatable bonds is 5. The van der Waals surface area contributed by atoms with Crippen LogP contribution in [-0.4, -0.2) is 41.0 Å². The van der Waals surface area contributed by atoms with Gasteiger partial charge in [0.05, 0.1) is 6.04 Å². The highest BCUT2D eigenvalue weighted by molar-refractivity contribution is 5.82. The van der Waals surface area contributed by atoms with Crippen molar-refractivity contribution >= 4 is 11.9 Å². The van der Waals surface area contributed by atoms with Crippen molar-refractivity contribution < 1.29 is 14.7 Å². The molecule has 0 saturated carbocycles. The maximum Gasteiger partial charge on any atom is 0.303 e. The fourth-order valence-electron chi connectivity index (χ4n) is 2.04. The minimum Gasteiger partial charge on any atom is -0.481 e. The molecule has 1 heterocycles. The van der Waals surface area contributed by atoms with Gasteiger partial charge in [0, 0.05) is 25.9 Å². The van der Waals surface area contributed by atoms with E-state index in [0.29, 0.717) is 19.5 Å². The summed E-state index contributed by atoms with van der Waals surface area (Å²) in [5, 5.41) is 8.58. The Morgan fingerprint density at radius 2 is 2.29 bits per heavy atom. The normalized spacial score (nSPS) is 20.9. The minimum atomic E-state index is -0.793. The molecule has 1 aliphatic heterocycles. The molecular weight excluding hydrogens is 220 g/mol. The molecule has 2 atom stereocenters. The fourth-order valence-corrected chi connectivity index (χ4v) is 2.04. The first-order chi connectivity index (χ1) is 8.04. The van der Waals surface area contributed by atoms with Crippen LogP contribution in [0.4, 0.5) is 0 Å². The molecule has 1 rings (SSSR count). The standard InChI is InChI=1S/C12H18N2O3/c1-2-3-10(13)12(17)14-7-6-9(8-14)4-5-11(15)16/h1,9-10H,3-8,13H2,(H,15,16). The van der Waals surface area contributed by atoms with E-state index >= 15 is 0 Å². The van der Waals surface area contributed by atoms with E-state index in [1.54, 1.807) is 4.90 Å². The molecule has 0 aliphatic carbocycles. The Kier molecular flexibility index (Phi) is 4.98. The third-order valence-corrected chi connectivity index (χ3v) is 3.02. The zero-order valence-electron chi connectivity index (χ0n) is 9.76. The molecule has 1 saturated heterocycles. The van der Waals surface area contributed by atoms with Crippen molar-refractivity contribution in [1.29, 1.82) is 0 Å². The monoisotopic (exact) mass is 238 g/mol. The number of carboxylic acids is 1. The minimum absolute atomic E-state index is 0.124. The van der Waals surface area contributed by atoms with Crippen molar-refractivity contribution in [3.8, 4) is 12.3 Å². The molecule has 0 aromatic heterocycles. The molecule has 1 aliphatic rings. The number of carboxylic acid groups (broad SMARTS) is 1. The molecule has 0 aromatic rings. The van der Waals surface area contributed by atoms with Crippen molar-refractivity contribution in [2.45, 2.75) is 31.7 Å². The molecule has 0 bridgehead atoms. The Morgan fingerprint density at radius 3 is 2.88 bits per heavy atom. The van der Waals surface area contributed by atoms with E-state index in [0.717, 1.165) is 6.42 Å². The Morgan fingerprint density at radius 1 is 1.59 bits per heavy atom. The molecule has 0 radical (unpaired) electrons. The molecule has 0 spiro atoms. The molecule has 2 unspecified atom stereocenters. The third-order valence-electron chi connectivity index (χ3n) is 3.02. The molecule has 3 N–H and O–H groups in total. The summed E-state index contributed by atoms with van der Waals surface area (Å²) in [5.74, 6) is 1.73. The lowest BCUT2D eigenvalue weighted by Gasteiger charge is -2.19. The highest BCUT2D eigenvalue weighted by Gasteiger charge is 2.28. The molecule has 94 valence electrons. The van der Waals surface area contributed by atoms with Crippen LogP contribution in [-0.2, 0) is 9.59 Å². The summed E-state index contributed by atoms with van der Waals surface area (Å²) in [4.78, 5) is 23.9. The van der Waals surface area contributed by atoms with Crippen molar-refractivity contribution in [3.63, 3.8) is 0 Å². The second kappa shape index (κ2) is 6.26. The van der Waals surface area contributed by atoms with Gasteiger partial charge in [-0.15, -0.1) is 12.3 Å². The Balaban J connectivity index is 2.37. The quantitative estimate of drug-likeness (QED) is 0.663. The summed E-state index contributed by atoms with van der Waals surface area (Å²) in [6.45, 7) is 1.26. The topological polar surface area (TPSA) is 83.6 Å². The summed E-state index contributed by atoms with van der Waals surface area (Å²) in [6.07, 6.45) is 6.97. The van der Waals surface area contributed by atoms with E-state index in [1.807, 2.05) is 0 Å². The third kappa shape index (κ3) is 4.08. The lowest BCUT2D eigenvalue weighted by molar-refractivity contribution is -0.137. The van der Waals surface area contributed by atoms with Gasteiger partial charge in [-0.1, -0.05) is 0 Å². The van der Waals surface area contributed by atoms with Crippen molar-refractivity contribution in [3.05, 3.63) is 0 Å². The molecular formula is C12H18N2O3. The van der Waals surface area contributed by atoms with Crippen LogP contribution in [0.3, 0.4) is 0 Å². The van der Waals surface area contributed by atoms with Crippen LogP contribution in [0.5, 0.6) is 0 Å². The summed E-state index contributed by atoms with van der Waals surface area (Å²) >= 11 is 0. The summed E-state index contributed by atoms with van der Waals surface area (Å²) < 4.78 is 0. The number of terminal acetylenes is 1. The fraction of sp³-hybridized carbons (Fsp3) is 0.667. The number of aliphatic carboxylic acids is 1. The van der Waals surface area contributed by atoms with Crippen LogP contribution in [0.15, 0.2) is 0 Å². The lowest BCUT2D eigenvalue weighted by atomic mass is 10.0. The second-order valence-electron chi connectivity index (χ2n) is 4.39. The van der Waals surface area contributed by atoms with Gasteiger partial charge >= 0.3 is 5.97 Å². The molecule has 1 amide bonds. The van der Waals surface area contributed by atoms with Gasteiger partial charge in [-0.3, -0.25) is 9.59 Å². The average Bonchev–Trinajstić information content (AvgIpc) is 2.74. The Hall–Kier alpha value is -1.54. The van der Waals surface area contributed by atoms with E-state index < -0.39 is 12.0 Å². The van der Waals surface area contributed by atoms with E-state index in [1.165, 1.54) is 0 Å². The van der Waals surface area contributed by atoms with Gasteiger partial charge in [0.25, 0.3) is 0 Å². The maximum absolute atomic E-state index is 11.8. The van der Waals surface area contributed by atoms with Gasteiger partial charge < -0.3 is 15.7 Å². The van der Waals surface area contributed by atoms with E-state index in [2.05, 4.69) is 5.92 Å². The number of amides is 1. The van der Waals surface area contributed by atoms with Crippen LogP contribution >= 0.6 is 0 Å². The first-order valence-electron chi connectivity index (χ1n) is 5.74. The first-order valence-corrected chi connectivity index (χ1v) is 5.74. The van der Waals surface area contributed by atoms with Gasteiger partial charge in [0.15, 0.2) is 0 Å². The van der Waals surface area contributed by atoms with Gasteiger partial charge in [-0.25, -0.2) is 0 Å². The summed E-state index contributed by atoms with van der Waals surface area (Å²) in [5.41, 5.74) is 5.65. The summed E-state index contributed by atoms with van der Waals surface area (Å²) in [7, 11) is 0. The Bertz CT molecular complexity index is 335. The lowest BCUT2D eigenvalue weighted by Crippen LogP contribution is -2.42. The molecule has 1 fully saturated rings. The van der Waals surface area contributed by atoms with Gasteiger partial charge in [0.1, 0.15) is 0 Å². The van der Waals surface area contributed by atoms with E-state index in [4.69, 9.17) is 17.3 Å². The summed E-state index contributed by atoms with van der Waals surface area (Å²) in [6, 6.07) is -0.627. The highest BCUT2D eigenvalue weighted by Crippen LogP contribution is 2.21. The van der Waals surface area contributed by atoms with Crippen molar-refractivity contribution in [1.82, 2.24) is 4.90 Å². The van der Waals surface area contributed by atoms with Crippen molar-refractivity contribution in [2.75, 3.05) is 13.1 Å². The van der Waals surface area contributed by atoms with Crippen LogP contribution in [0.1, 0.15) is 25.7 Å². The first kappa shape index (κ1) is 13.5. The van der Waals surface area contributed by atoms with Crippen LogP contribution in [0, 0.1) is 18.3 Å². The average molecular weight is 238 g/mol. The number of carbonyl (C=O) groups is 2. The SMILES string of the molecule is C#CCC(N)C(=O)N1CCC(CCC(=O)O)C1. The second-order valence-corrected chi connectivity index (χ2v) is 4.39. The van der Waals surface area contributed by atoms with E-state index in [-0.39, 0.29) is 24.7 Å². The van der Waals surface area contributed by atoms with Gasteiger partial charge in [-0.05, 0) is 18.8 Å². The predicted octanol–water partition coefficient (Wildman–Crippen LogP) is 0.0503. The van der Waals surface area contributed by atoms with Crippen LogP contribution in [0.25, 0.3) is 0 Å². The highest BCUT2D eigenvalue weighted by atomic mass is 16.4. The van der Waals surface area contributed by atoms with E-state index in [9.17, 15) is 9.59 Å². The van der Waals surface area contributed by atoms with Gasteiger partial charge in [0.2, 0.25) is 5.91 Å². The van der Waals surface area contributed by atoms with Crippen LogP contribution < -0.4 is 5.73 Å². The van der Waals surface area contributed by atoms with Gasteiger partial charge in [-0.2, -0.15) is 0 Å².